The van der Waals surface area contributed by atoms with Crippen molar-refractivity contribution in [2.75, 3.05) is 36.4 Å². The molecule has 1 aromatic carbocycles. The third kappa shape index (κ3) is 4.23. The zero-order valence-electron chi connectivity index (χ0n) is 14.9. The minimum absolute atomic E-state index is 0.118. The molecule has 1 aliphatic rings. The van der Waals surface area contributed by atoms with Crippen LogP contribution in [-0.4, -0.2) is 52.2 Å². The first-order chi connectivity index (χ1) is 12.0. The fraction of sp³-hybridized carbons (Fsp3) is 0.444. The van der Waals surface area contributed by atoms with Crippen molar-refractivity contribution in [3.05, 3.63) is 36.0 Å². The second-order valence-corrected chi connectivity index (χ2v) is 6.53. The maximum atomic E-state index is 11.4. The van der Waals surface area contributed by atoms with Gasteiger partial charge in [-0.25, -0.2) is 0 Å². The van der Waals surface area contributed by atoms with Gasteiger partial charge in [0.15, 0.2) is 5.82 Å². The Hall–Kier alpha value is -2.70. The molecule has 1 aromatic heterocycles. The topological polar surface area (TPSA) is 74.2 Å². The summed E-state index contributed by atoms with van der Waals surface area (Å²) in [5, 5.41) is 11.3. The number of benzene rings is 1. The predicted octanol–water partition coefficient (Wildman–Crippen LogP) is 2.41. The van der Waals surface area contributed by atoms with Crippen LogP contribution < -0.4 is 10.2 Å². The highest BCUT2D eigenvalue weighted by molar-refractivity contribution is 5.73. The molecule has 7 nitrogen and oxygen atoms in total. The lowest BCUT2D eigenvalue weighted by atomic mass is 10.0. The summed E-state index contributed by atoms with van der Waals surface area (Å²) >= 11 is 0. The van der Waals surface area contributed by atoms with Gasteiger partial charge >= 0.3 is 0 Å². The highest BCUT2D eigenvalue weighted by Crippen LogP contribution is 2.20. The smallest absolute Gasteiger partial charge is 0.249 e. The van der Waals surface area contributed by atoms with Crippen LogP contribution in [0.1, 0.15) is 32.3 Å². The second kappa shape index (κ2) is 7.46. The highest BCUT2D eigenvalue weighted by Gasteiger charge is 2.20. The molecule has 0 unspecified atom stereocenters. The number of carbonyl (C=O) groups excluding carboxylic acids is 1. The second-order valence-electron chi connectivity index (χ2n) is 6.53. The Labute approximate surface area is 148 Å². The van der Waals surface area contributed by atoms with E-state index in [2.05, 4.69) is 51.4 Å². The summed E-state index contributed by atoms with van der Waals surface area (Å²) in [7, 11) is 0. The van der Waals surface area contributed by atoms with Crippen molar-refractivity contribution in [1.82, 2.24) is 20.1 Å². The number of nitrogens with one attached hydrogen (secondary N) is 1. The first-order valence-corrected chi connectivity index (χ1v) is 8.60. The van der Waals surface area contributed by atoms with Gasteiger partial charge in [-0.05, 0) is 23.6 Å². The molecule has 0 saturated carbocycles. The van der Waals surface area contributed by atoms with E-state index in [9.17, 15) is 4.79 Å². The number of amides is 1. The number of hydrogen-bond acceptors (Lipinski definition) is 6. The molecular formula is C18H24N6O. The van der Waals surface area contributed by atoms with Gasteiger partial charge in [0.1, 0.15) is 0 Å². The van der Waals surface area contributed by atoms with E-state index in [0.29, 0.717) is 25.0 Å². The molecule has 132 valence electrons. The molecule has 2 aromatic rings. The number of carbonyl (C=O) groups is 1. The fourth-order valence-electron chi connectivity index (χ4n) is 2.83. The molecule has 2 heterocycles. The van der Waals surface area contributed by atoms with Crippen LogP contribution in [0.5, 0.6) is 0 Å². The summed E-state index contributed by atoms with van der Waals surface area (Å²) < 4.78 is 0. The summed E-state index contributed by atoms with van der Waals surface area (Å²) in [6, 6.07) is 8.25. The highest BCUT2D eigenvalue weighted by atomic mass is 16.2. The lowest BCUT2D eigenvalue weighted by Gasteiger charge is -2.34. The van der Waals surface area contributed by atoms with Crippen molar-refractivity contribution in [2.45, 2.75) is 26.7 Å². The third-order valence-electron chi connectivity index (χ3n) is 4.43. The van der Waals surface area contributed by atoms with Crippen LogP contribution in [0.2, 0.25) is 0 Å². The molecule has 25 heavy (non-hydrogen) atoms. The third-order valence-corrected chi connectivity index (χ3v) is 4.43. The van der Waals surface area contributed by atoms with Gasteiger partial charge in [0, 0.05) is 38.8 Å². The van der Waals surface area contributed by atoms with Gasteiger partial charge in [0.25, 0.3) is 0 Å². The van der Waals surface area contributed by atoms with E-state index in [-0.39, 0.29) is 5.91 Å². The molecule has 1 fully saturated rings. The van der Waals surface area contributed by atoms with E-state index in [1.165, 1.54) is 5.56 Å². The zero-order chi connectivity index (χ0) is 17.8. The Morgan fingerprint density at radius 3 is 2.40 bits per heavy atom. The number of piperazine rings is 1. The molecule has 0 atom stereocenters. The molecule has 1 N–H and O–H groups in total. The Bertz CT molecular complexity index is 723. The van der Waals surface area contributed by atoms with E-state index in [4.69, 9.17) is 0 Å². The van der Waals surface area contributed by atoms with E-state index < -0.39 is 0 Å². The maximum Gasteiger partial charge on any atom is 0.249 e. The zero-order valence-corrected chi connectivity index (χ0v) is 14.9. The van der Waals surface area contributed by atoms with Crippen LogP contribution in [0.4, 0.5) is 17.5 Å². The van der Waals surface area contributed by atoms with Gasteiger partial charge in [0.2, 0.25) is 11.9 Å². The van der Waals surface area contributed by atoms with E-state index in [0.717, 1.165) is 24.6 Å². The minimum Gasteiger partial charge on any atom is -0.352 e. The summed E-state index contributed by atoms with van der Waals surface area (Å²) in [4.78, 5) is 20.0. The van der Waals surface area contributed by atoms with Crippen molar-refractivity contribution in [1.29, 1.82) is 0 Å². The average Bonchev–Trinajstić information content (AvgIpc) is 2.62. The van der Waals surface area contributed by atoms with Crippen LogP contribution in [0.25, 0.3) is 0 Å². The SMILES string of the molecule is CC(=O)N1CCN(c2cnnc(Nc3ccc(C(C)C)cc3)n2)CC1. The normalized spacial score (nSPS) is 14.7. The standard InChI is InChI=1S/C18H24N6O/c1-13(2)15-4-6-16(7-5-15)20-18-21-17(12-19-22-18)24-10-8-23(9-11-24)14(3)25/h4-7,12-13H,8-11H2,1-3H3,(H,20,21,22). The number of nitrogens with zero attached hydrogens (tertiary/aromatic N) is 5. The number of rotatable bonds is 4. The average molecular weight is 340 g/mol. The molecule has 3 rings (SSSR count). The number of hydrogen-bond donors (Lipinski definition) is 1. The lowest BCUT2D eigenvalue weighted by Crippen LogP contribution is -2.48. The Morgan fingerprint density at radius 2 is 1.80 bits per heavy atom. The fourth-order valence-corrected chi connectivity index (χ4v) is 2.83. The molecular weight excluding hydrogens is 316 g/mol. The maximum absolute atomic E-state index is 11.4. The Kier molecular flexibility index (Phi) is 5.11. The van der Waals surface area contributed by atoms with Crippen LogP contribution in [-0.2, 0) is 4.79 Å². The molecule has 0 bridgehead atoms. The predicted molar refractivity (Wildman–Crippen MR) is 98.1 cm³/mol. The van der Waals surface area contributed by atoms with Gasteiger partial charge < -0.3 is 15.1 Å². The van der Waals surface area contributed by atoms with Gasteiger partial charge in [-0.2, -0.15) is 10.1 Å². The Balaban J connectivity index is 1.66. The van der Waals surface area contributed by atoms with Crippen LogP contribution >= 0.6 is 0 Å². The molecule has 1 amide bonds. The van der Waals surface area contributed by atoms with Gasteiger partial charge in [-0.15, -0.1) is 5.10 Å². The van der Waals surface area contributed by atoms with Crippen molar-refractivity contribution < 1.29 is 4.79 Å². The van der Waals surface area contributed by atoms with Crippen LogP contribution in [0.3, 0.4) is 0 Å². The monoisotopic (exact) mass is 340 g/mol. The molecule has 7 heteroatoms. The van der Waals surface area contributed by atoms with E-state index in [1.54, 1.807) is 13.1 Å². The number of aromatic nitrogens is 3. The molecule has 1 aliphatic heterocycles. The van der Waals surface area contributed by atoms with Crippen molar-refractivity contribution >= 4 is 23.4 Å². The van der Waals surface area contributed by atoms with Gasteiger partial charge in [0.05, 0.1) is 6.20 Å². The van der Waals surface area contributed by atoms with E-state index in [1.807, 2.05) is 17.0 Å². The molecule has 1 saturated heterocycles. The van der Waals surface area contributed by atoms with Crippen LogP contribution in [0, 0.1) is 0 Å². The first kappa shape index (κ1) is 17.1. The largest absolute Gasteiger partial charge is 0.352 e. The van der Waals surface area contributed by atoms with Crippen molar-refractivity contribution in [3.8, 4) is 0 Å². The van der Waals surface area contributed by atoms with Gasteiger partial charge in [-0.3, -0.25) is 4.79 Å². The Morgan fingerprint density at radius 1 is 1.12 bits per heavy atom. The van der Waals surface area contributed by atoms with Crippen molar-refractivity contribution in [3.63, 3.8) is 0 Å². The molecule has 0 radical (unpaired) electrons. The summed E-state index contributed by atoms with van der Waals surface area (Å²) in [5.41, 5.74) is 2.23. The first-order valence-electron chi connectivity index (χ1n) is 8.60. The number of anilines is 3. The lowest BCUT2D eigenvalue weighted by molar-refractivity contribution is -0.129. The van der Waals surface area contributed by atoms with Gasteiger partial charge in [-0.1, -0.05) is 26.0 Å². The molecule has 0 spiro atoms. The van der Waals surface area contributed by atoms with Crippen molar-refractivity contribution in [2.24, 2.45) is 0 Å². The molecule has 0 aliphatic carbocycles. The summed E-state index contributed by atoms with van der Waals surface area (Å²) in [5.74, 6) is 1.87. The summed E-state index contributed by atoms with van der Waals surface area (Å²) in [6.07, 6.45) is 1.66. The minimum atomic E-state index is 0.118. The van der Waals surface area contributed by atoms with E-state index >= 15 is 0 Å². The summed E-state index contributed by atoms with van der Waals surface area (Å²) in [6.45, 7) is 8.86. The van der Waals surface area contributed by atoms with Crippen LogP contribution in [0.15, 0.2) is 30.5 Å². The quantitative estimate of drug-likeness (QED) is 0.921.